The maximum absolute atomic E-state index is 11.8. The molecule has 0 aliphatic rings. The number of nitrogens with zero attached hydrogens (tertiary/aromatic N) is 3. The van der Waals surface area contributed by atoms with Gasteiger partial charge in [-0.1, -0.05) is 0 Å². The molecule has 0 saturated heterocycles. The molecular formula is C11H12N4O4. The fourth-order valence-electron chi connectivity index (χ4n) is 1.56. The molecule has 8 nitrogen and oxygen atoms in total. The quantitative estimate of drug-likeness (QED) is 0.753. The summed E-state index contributed by atoms with van der Waals surface area (Å²) in [5.41, 5.74) is 0.639. The molecule has 2 aromatic rings. The molecular weight excluding hydrogens is 252 g/mol. The van der Waals surface area contributed by atoms with Gasteiger partial charge < -0.3 is 15.2 Å². The predicted octanol–water partition coefficient (Wildman–Crippen LogP) is 0.402. The first-order valence-corrected chi connectivity index (χ1v) is 5.59. The van der Waals surface area contributed by atoms with Gasteiger partial charge in [0.05, 0.1) is 12.8 Å². The van der Waals surface area contributed by atoms with Gasteiger partial charge in [0.1, 0.15) is 17.9 Å². The first-order valence-electron chi connectivity index (χ1n) is 5.59. The van der Waals surface area contributed by atoms with Crippen molar-refractivity contribution >= 4 is 23.4 Å². The van der Waals surface area contributed by atoms with Crippen LogP contribution >= 0.6 is 0 Å². The summed E-state index contributed by atoms with van der Waals surface area (Å²) in [5, 5.41) is 15.3. The van der Waals surface area contributed by atoms with E-state index in [-0.39, 0.29) is 24.5 Å². The number of carbonyl (C=O) groups is 2. The number of aliphatic carboxylic acids is 1. The van der Waals surface area contributed by atoms with Crippen molar-refractivity contribution < 1.29 is 19.4 Å². The highest BCUT2D eigenvalue weighted by Gasteiger charge is 2.17. The minimum atomic E-state index is -1.05. The summed E-state index contributed by atoms with van der Waals surface area (Å²) in [5.74, 6) is -1.39. The van der Waals surface area contributed by atoms with E-state index in [1.165, 1.54) is 16.9 Å². The number of hydrogen-bond acceptors (Lipinski definition) is 6. The van der Waals surface area contributed by atoms with E-state index < -0.39 is 11.9 Å². The maximum atomic E-state index is 11.8. The summed E-state index contributed by atoms with van der Waals surface area (Å²) < 4.78 is 6.25. The normalized spacial score (nSPS) is 10.4. The number of rotatable bonds is 5. The second kappa shape index (κ2) is 5.34. The highest BCUT2D eigenvalue weighted by atomic mass is 16.5. The van der Waals surface area contributed by atoms with Crippen molar-refractivity contribution in [2.75, 3.05) is 18.5 Å². The van der Waals surface area contributed by atoms with Crippen LogP contribution in [0, 0.1) is 0 Å². The van der Waals surface area contributed by atoms with Crippen LogP contribution in [0.15, 0.2) is 18.5 Å². The molecule has 0 aliphatic heterocycles. The number of nitrogens with one attached hydrogen (secondary N) is 1. The van der Waals surface area contributed by atoms with Crippen LogP contribution in [0.4, 0.5) is 5.82 Å². The van der Waals surface area contributed by atoms with Gasteiger partial charge in [-0.2, -0.15) is 9.61 Å². The fraction of sp³-hybridized carbons (Fsp3) is 0.273. The van der Waals surface area contributed by atoms with Gasteiger partial charge in [-0.25, -0.2) is 9.78 Å². The molecule has 2 N–H and O–H groups in total. The Hall–Kier alpha value is -2.64. The molecule has 0 fully saturated rings. The average molecular weight is 264 g/mol. The van der Waals surface area contributed by atoms with Crippen LogP contribution in [0.2, 0.25) is 0 Å². The lowest BCUT2D eigenvalue weighted by Crippen LogP contribution is -2.19. The molecule has 0 radical (unpaired) electrons. The first-order chi connectivity index (χ1) is 9.13. The molecule has 0 spiro atoms. The molecule has 0 bridgehead atoms. The molecule has 2 aromatic heterocycles. The van der Waals surface area contributed by atoms with Crippen LogP contribution < -0.4 is 5.32 Å². The van der Waals surface area contributed by atoms with Crippen molar-refractivity contribution in [3.8, 4) is 0 Å². The van der Waals surface area contributed by atoms with Gasteiger partial charge in [0, 0.05) is 12.3 Å². The van der Waals surface area contributed by atoms with Gasteiger partial charge in [0.25, 0.3) is 0 Å². The number of esters is 1. The zero-order chi connectivity index (χ0) is 13.8. The number of ether oxygens (including phenoxy) is 1. The van der Waals surface area contributed by atoms with E-state index in [0.29, 0.717) is 5.65 Å². The second-order valence-corrected chi connectivity index (χ2v) is 3.59. The third kappa shape index (κ3) is 2.62. The topological polar surface area (TPSA) is 106 Å². The van der Waals surface area contributed by atoms with Crippen molar-refractivity contribution in [2.45, 2.75) is 6.92 Å². The van der Waals surface area contributed by atoms with Crippen molar-refractivity contribution in [3.63, 3.8) is 0 Å². The Balaban J connectivity index is 2.46. The molecule has 100 valence electrons. The van der Waals surface area contributed by atoms with Gasteiger partial charge in [0.2, 0.25) is 0 Å². The molecule has 0 saturated carbocycles. The van der Waals surface area contributed by atoms with Crippen LogP contribution in [0.5, 0.6) is 0 Å². The van der Waals surface area contributed by atoms with E-state index in [9.17, 15) is 9.59 Å². The number of carbonyl (C=O) groups excluding carboxylic acids is 1. The number of fused-ring (bicyclic) bond motifs is 1. The Labute approximate surface area is 108 Å². The Bertz CT molecular complexity index is 622. The summed E-state index contributed by atoms with van der Waals surface area (Å²) in [4.78, 5) is 26.5. The SMILES string of the molecule is CCOC(=O)c1cnc2ccnn2c1NCC(=O)O. The predicted molar refractivity (Wildman–Crippen MR) is 65.1 cm³/mol. The average Bonchev–Trinajstić information content (AvgIpc) is 2.84. The van der Waals surface area contributed by atoms with Gasteiger partial charge >= 0.3 is 11.9 Å². The number of hydrogen-bond donors (Lipinski definition) is 2. The van der Waals surface area contributed by atoms with Gasteiger partial charge in [0.15, 0.2) is 5.65 Å². The van der Waals surface area contributed by atoms with Crippen LogP contribution in [0.25, 0.3) is 5.65 Å². The third-order valence-corrected chi connectivity index (χ3v) is 2.32. The van der Waals surface area contributed by atoms with Crippen LogP contribution in [-0.4, -0.2) is 44.8 Å². The Morgan fingerprint density at radius 1 is 1.53 bits per heavy atom. The molecule has 0 aromatic carbocycles. The minimum Gasteiger partial charge on any atom is -0.480 e. The zero-order valence-electron chi connectivity index (χ0n) is 10.2. The lowest BCUT2D eigenvalue weighted by atomic mass is 10.3. The van der Waals surface area contributed by atoms with E-state index in [4.69, 9.17) is 9.84 Å². The van der Waals surface area contributed by atoms with Crippen LogP contribution in [0.1, 0.15) is 17.3 Å². The summed E-state index contributed by atoms with van der Waals surface area (Å²) in [6, 6.07) is 1.64. The van der Waals surface area contributed by atoms with Gasteiger partial charge in [-0.05, 0) is 6.92 Å². The monoisotopic (exact) mass is 264 g/mol. The van der Waals surface area contributed by atoms with Crippen molar-refractivity contribution in [1.82, 2.24) is 14.6 Å². The summed E-state index contributed by atoms with van der Waals surface area (Å²) >= 11 is 0. The molecule has 8 heteroatoms. The van der Waals surface area contributed by atoms with Gasteiger partial charge in [-0.3, -0.25) is 4.79 Å². The van der Waals surface area contributed by atoms with Crippen LogP contribution in [-0.2, 0) is 9.53 Å². The Kier molecular flexibility index (Phi) is 3.60. The number of carboxylic acids is 1. The molecule has 0 atom stereocenters. The molecule has 2 heterocycles. The molecule has 19 heavy (non-hydrogen) atoms. The smallest absolute Gasteiger partial charge is 0.343 e. The first kappa shape index (κ1) is 12.8. The lowest BCUT2D eigenvalue weighted by Gasteiger charge is -2.11. The van der Waals surface area contributed by atoms with Gasteiger partial charge in [-0.15, -0.1) is 0 Å². The van der Waals surface area contributed by atoms with E-state index in [2.05, 4.69) is 15.4 Å². The summed E-state index contributed by atoms with van der Waals surface area (Å²) in [7, 11) is 0. The maximum Gasteiger partial charge on any atom is 0.343 e. The number of carboxylic acid groups (broad SMARTS) is 1. The Morgan fingerprint density at radius 3 is 3.00 bits per heavy atom. The number of aromatic nitrogens is 3. The number of anilines is 1. The van der Waals surface area contributed by atoms with E-state index in [1.807, 2.05) is 0 Å². The van der Waals surface area contributed by atoms with Crippen molar-refractivity contribution in [3.05, 3.63) is 24.0 Å². The highest BCUT2D eigenvalue weighted by Crippen LogP contribution is 2.16. The van der Waals surface area contributed by atoms with E-state index in [0.717, 1.165) is 0 Å². The van der Waals surface area contributed by atoms with Crippen LogP contribution in [0.3, 0.4) is 0 Å². The standard InChI is InChI=1S/C11H12N4O4/c1-2-19-11(18)7-5-12-8-3-4-14-15(8)10(7)13-6-9(16)17/h3-5,13H,2,6H2,1H3,(H,16,17). The lowest BCUT2D eigenvalue weighted by molar-refractivity contribution is -0.134. The molecule has 0 amide bonds. The minimum absolute atomic E-state index is 0.138. The molecule has 0 aliphatic carbocycles. The highest BCUT2D eigenvalue weighted by molar-refractivity contribution is 5.95. The zero-order valence-corrected chi connectivity index (χ0v) is 10.2. The summed E-state index contributed by atoms with van der Waals surface area (Å²) in [6.07, 6.45) is 2.84. The summed E-state index contributed by atoms with van der Waals surface area (Å²) in [6.45, 7) is 1.56. The third-order valence-electron chi connectivity index (χ3n) is 2.32. The largest absolute Gasteiger partial charge is 0.480 e. The second-order valence-electron chi connectivity index (χ2n) is 3.59. The fourth-order valence-corrected chi connectivity index (χ4v) is 1.56. The van der Waals surface area contributed by atoms with Crippen molar-refractivity contribution in [2.24, 2.45) is 0 Å². The molecule has 0 unspecified atom stereocenters. The molecule has 2 rings (SSSR count). The Morgan fingerprint density at radius 2 is 2.32 bits per heavy atom. The van der Waals surface area contributed by atoms with Crippen molar-refractivity contribution in [1.29, 1.82) is 0 Å². The van der Waals surface area contributed by atoms with E-state index in [1.54, 1.807) is 13.0 Å². The van der Waals surface area contributed by atoms with E-state index >= 15 is 0 Å².